The van der Waals surface area contributed by atoms with Crippen molar-refractivity contribution >= 4 is 0 Å². The Bertz CT molecular complexity index is 185. The van der Waals surface area contributed by atoms with Gasteiger partial charge in [0.15, 0.2) is 0 Å². The number of piperazine rings is 1. The van der Waals surface area contributed by atoms with Crippen LogP contribution in [-0.4, -0.2) is 60.3 Å². The molecule has 1 aliphatic heterocycles. The molecule has 1 fully saturated rings. The van der Waals surface area contributed by atoms with Gasteiger partial charge >= 0.3 is 0 Å². The van der Waals surface area contributed by atoms with E-state index in [0.717, 1.165) is 18.9 Å². The molecule has 3 heteroatoms. The summed E-state index contributed by atoms with van der Waals surface area (Å²) in [5.74, 6) is 0.721. The third-order valence-electron chi connectivity index (χ3n) is 3.29. The summed E-state index contributed by atoms with van der Waals surface area (Å²) in [6.07, 6.45) is 2.16. The van der Waals surface area contributed by atoms with Crippen LogP contribution < -0.4 is 0 Å². The van der Waals surface area contributed by atoms with Crippen LogP contribution in [0.3, 0.4) is 0 Å². The lowest BCUT2D eigenvalue weighted by molar-refractivity contribution is 0.0514. The highest BCUT2D eigenvalue weighted by molar-refractivity contribution is 4.82. The van der Waals surface area contributed by atoms with E-state index in [1.54, 1.807) is 0 Å². The Hall–Kier alpha value is -0.120. The van der Waals surface area contributed by atoms with Crippen LogP contribution in [0.4, 0.5) is 0 Å². The largest absolute Gasteiger partial charge is 0.396 e. The van der Waals surface area contributed by atoms with E-state index in [9.17, 15) is 0 Å². The summed E-state index contributed by atoms with van der Waals surface area (Å²) < 4.78 is 0. The van der Waals surface area contributed by atoms with Crippen molar-refractivity contribution in [3.05, 3.63) is 0 Å². The van der Waals surface area contributed by atoms with Gasteiger partial charge in [0.05, 0.1) is 0 Å². The standard InChI is InChI=1S/C13H28N2O/c1-4-6-14-7-8-15(10-12(2)3)13(11-14)5-9-16/h12-13,16H,4-11H2,1-3H3/t13-/m1/s1. The zero-order chi connectivity index (χ0) is 12.0. The van der Waals surface area contributed by atoms with Crippen LogP contribution in [0.2, 0.25) is 0 Å². The van der Waals surface area contributed by atoms with Gasteiger partial charge in [-0.2, -0.15) is 0 Å². The Morgan fingerprint density at radius 1 is 1.31 bits per heavy atom. The lowest BCUT2D eigenvalue weighted by Crippen LogP contribution is -2.54. The molecule has 0 bridgehead atoms. The van der Waals surface area contributed by atoms with Crippen molar-refractivity contribution in [3.63, 3.8) is 0 Å². The average molecular weight is 228 g/mol. The third kappa shape index (κ3) is 4.40. The van der Waals surface area contributed by atoms with Gasteiger partial charge in [0.25, 0.3) is 0 Å². The maximum Gasteiger partial charge on any atom is 0.0446 e. The number of hydrogen-bond acceptors (Lipinski definition) is 3. The first-order valence-corrected chi connectivity index (χ1v) is 6.74. The second-order valence-electron chi connectivity index (χ2n) is 5.36. The van der Waals surface area contributed by atoms with Crippen LogP contribution in [0.15, 0.2) is 0 Å². The van der Waals surface area contributed by atoms with Gasteiger partial charge in [-0.1, -0.05) is 20.8 Å². The second-order valence-corrected chi connectivity index (χ2v) is 5.36. The molecule has 0 spiro atoms. The molecule has 1 saturated heterocycles. The Morgan fingerprint density at radius 3 is 2.62 bits per heavy atom. The summed E-state index contributed by atoms with van der Waals surface area (Å²) >= 11 is 0. The molecule has 0 radical (unpaired) electrons. The predicted molar refractivity (Wildman–Crippen MR) is 68.6 cm³/mol. The van der Waals surface area contributed by atoms with Crippen LogP contribution >= 0.6 is 0 Å². The minimum Gasteiger partial charge on any atom is -0.396 e. The monoisotopic (exact) mass is 228 g/mol. The number of aliphatic hydroxyl groups excluding tert-OH is 1. The van der Waals surface area contributed by atoms with Gasteiger partial charge < -0.3 is 10.0 Å². The highest BCUT2D eigenvalue weighted by Gasteiger charge is 2.26. The highest BCUT2D eigenvalue weighted by atomic mass is 16.3. The van der Waals surface area contributed by atoms with Crippen molar-refractivity contribution in [3.8, 4) is 0 Å². The molecule has 1 aliphatic rings. The number of aliphatic hydroxyl groups is 1. The lowest BCUT2D eigenvalue weighted by Gasteiger charge is -2.42. The van der Waals surface area contributed by atoms with Crippen molar-refractivity contribution in [2.24, 2.45) is 5.92 Å². The first-order valence-electron chi connectivity index (χ1n) is 6.74. The molecule has 0 aromatic carbocycles. The molecule has 3 nitrogen and oxygen atoms in total. The molecule has 0 aromatic rings. The SMILES string of the molecule is CCCN1CCN(CC(C)C)[C@H](CCO)C1. The van der Waals surface area contributed by atoms with Crippen molar-refractivity contribution in [2.75, 3.05) is 39.3 Å². The number of hydrogen-bond donors (Lipinski definition) is 1. The van der Waals surface area contributed by atoms with Crippen LogP contribution in [0.1, 0.15) is 33.6 Å². The minimum atomic E-state index is 0.319. The first kappa shape index (κ1) is 13.9. The summed E-state index contributed by atoms with van der Waals surface area (Å²) in [6.45, 7) is 13.0. The summed E-state index contributed by atoms with van der Waals surface area (Å²) in [4.78, 5) is 5.10. The van der Waals surface area contributed by atoms with Crippen LogP contribution in [-0.2, 0) is 0 Å². The van der Waals surface area contributed by atoms with Gasteiger partial charge in [0, 0.05) is 38.8 Å². The smallest absolute Gasteiger partial charge is 0.0446 e. The molecule has 0 amide bonds. The third-order valence-corrected chi connectivity index (χ3v) is 3.29. The van der Waals surface area contributed by atoms with E-state index in [1.165, 1.54) is 32.6 Å². The molecule has 0 saturated carbocycles. The van der Waals surface area contributed by atoms with Gasteiger partial charge in [-0.05, 0) is 25.3 Å². The molecular formula is C13H28N2O. The summed E-state index contributed by atoms with van der Waals surface area (Å²) in [6, 6.07) is 0.563. The Balaban J connectivity index is 2.45. The summed E-state index contributed by atoms with van der Waals surface area (Å²) in [5.41, 5.74) is 0. The number of nitrogens with zero attached hydrogens (tertiary/aromatic N) is 2. The molecule has 1 atom stereocenters. The average Bonchev–Trinajstić information content (AvgIpc) is 2.22. The van der Waals surface area contributed by atoms with E-state index in [1.807, 2.05) is 0 Å². The van der Waals surface area contributed by atoms with Crippen molar-refractivity contribution in [1.29, 1.82) is 0 Å². The Morgan fingerprint density at radius 2 is 2.06 bits per heavy atom. The molecule has 0 unspecified atom stereocenters. The summed E-state index contributed by atoms with van der Waals surface area (Å²) in [7, 11) is 0. The van der Waals surface area contributed by atoms with Crippen LogP contribution in [0, 0.1) is 5.92 Å². The molecular weight excluding hydrogens is 200 g/mol. The lowest BCUT2D eigenvalue weighted by atomic mass is 10.1. The van der Waals surface area contributed by atoms with Crippen LogP contribution in [0.5, 0.6) is 0 Å². The predicted octanol–water partition coefficient (Wildman–Crippen LogP) is 1.42. The fraction of sp³-hybridized carbons (Fsp3) is 1.00. The molecule has 0 aromatic heterocycles. The maximum absolute atomic E-state index is 9.14. The fourth-order valence-corrected chi connectivity index (χ4v) is 2.61. The zero-order valence-corrected chi connectivity index (χ0v) is 11.2. The normalized spacial score (nSPS) is 24.2. The molecule has 96 valence electrons. The topological polar surface area (TPSA) is 26.7 Å². The molecule has 1 heterocycles. The van der Waals surface area contributed by atoms with E-state index in [2.05, 4.69) is 30.6 Å². The molecule has 1 N–H and O–H groups in total. The van der Waals surface area contributed by atoms with Gasteiger partial charge in [-0.25, -0.2) is 0 Å². The van der Waals surface area contributed by atoms with E-state index in [0.29, 0.717) is 12.6 Å². The summed E-state index contributed by atoms with van der Waals surface area (Å²) in [5, 5.41) is 9.14. The van der Waals surface area contributed by atoms with E-state index >= 15 is 0 Å². The maximum atomic E-state index is 9.14. The first-order chi connectivity index (χ1) is 7.67. The van der Waals surface area contributed by atoms with Crippen molar-refractivity contribution < 1.29 is 5.11 Å². The Labute approximate surface area is 100 Å². The van der Waals surface area contributed by atoms with Gasteiger partial charge in [0.1, 0.15) is 0 Å². The minimum absolute atomic E-state index is 0.319. The number of rotatable bonds is 6. The Kier molecular flexibility index (Phi) is 6.32. The highest BCUT2D eigenvalue weighted by Crippen LogP contribution is 2.14. The van der Waals surface area contributed by atoms with Crippen molar-refractivity contribution in [2.45, 2.75) is 39.7 Å². The van der Waals surface area contributed by atoms with Crippen LogP contribution in [0.25, 0.3) is 0 Å². The van der Waals surface area contributed by atoms with E-state index in [-0.39, 0.29) is 0 Å². The van der Waals surface area contributed by atoms with E-state index in [4.69, 9.17) is 5.11 Å². The van der Waals surface area contributed by atoms with Crippen molar-refractivity contribution in [1.82, 2.24) is 9.80 Å². The molecule has 16 heavy (non-hydrogen) atoms. The van der Waals surface area contributed by atoms with Gasteiger partial charge in [-0.15, -0.1) is 0 Å². The zero-order valence-electron chi connectivity index (χ0n) is 11.2. The quantitative estimate of drug-likeness (QED) is 0.745. The fourth-order valence-electron chi connectivity index (χ4n) is 2.61. The van der Waals surface area contributed by atoms with E-state index < -0.39 is 0 Å². The molecule has 1 rings (SSSR count). The second kappa shape index (κ2) is 7.25. The van der Waals surface area contributed by atoms with Gasteiger partial charge in [-0.3, -0.25) is 4.90 Å². The molecule has 0 aliphatic carbocycles. The van der Waals surface area contributed by atoms with Gasteiger partial charge in [0.2, 0.25) is 0 Å².